The highest BCUT2D eigenvalue weighted by Gasteiger charge is 2.14. The number of nitrogens with zero attached hydrogens (tertiary/aromatic N) is 4. The van der Waals surface area contributed by atoms with Gasteiger partial charge < -0.3 is 5.32 Å². The van der Waals surface area contributed by atoms with Gasteiger partial charge in [0.15, 0.2) is 4.34 Å². The summed E-state index contributed by atoms with van der Waals surface area (Å²) >= 11 is 4.75. The molecule has 1 N–H and O–H groups in total. The summed E-state index contributed by atoms with van der Waals surface area (Å²) in [5.74, 6) is 2.48. The van der Waals surface area contributed by atoms with Crippen LogP contribution in [0.2, 0.25) is 0 Å². The SMILES string of the molecule is CCNc1nc(CSc2ncns2)nc2sc(C)c(C)c12. The molecule has 8 heteroatoms. The second-order valence-electron chi connectivity index (χ2n) is 4.48. The lowest BCUT2D eigenvalue weighted by atomic mass is 10.2. The van der Waals surface area contributed by atoms with Crippen LogP contribution in [-0.4, -0.2) is 25.9 Å². The van der Waals surface area contributed by atoms with Crippen LogP contribution < -0.4 is 5.32 Å². The molecule has 0 aliphatic carbocycles. The molecule has 0 saturated heterocycles. The zero-order valence-electron chi connectivity index (χ0n) is 12.0. The molecule has 5 nitrogen and oxygen atoms in total. The molecule has 3 aromatic rings. The van der Waals surface area contributed by atoms with Gasteiger partial charge >= 0.3 is 0 Å². The fraction of sp³-hybridized carbons (Fsp3) is 0.385. The molecule has 0 aliphatic rings. The molecule has 0 spiro atoms. The Morgan fingerprint density at radius 1 is 1.29 bits per heavy atom. The van der Waals surface area contributed by atoms with Gasteiger partial charge in [-0.2, -0.15) is 4.37 Å². The van der Waals surface area contributed by atoms with Gasteiger partial charge in [0.05, 0.1) is 11.1 Å². The van der Waals surface area contributed by atoms with E-state index in [0.29, 0.717) is 5.75 Å². The molecule has 110 valence electrons. The fourth-order valence-electron chi connectivity index (χ4n) is 2.01. The Hall–Kier alpha value is -1.25. The zero-order chi connectivity index (χ0) is 14.8. The lowest BCUT2D eigenvalue weighted by molar-refractivity contribution is 1.05. The van der Waals surface area contributed by atoms with Gasteiger partial charge in [0, 0.05) is 11.4 Å². The highest BCUT2D eigenvalue weighted by Crippen LogP contribution is 2.34. The molecule has 3 rings (SSSR count). The van der Waals surface area contributed by atoms with Gasteiger partial charge in [0.2, 0.25) is 0 Å². The van der Waals surface area contributed by atoms with Crippen molar-refractivity contribution < 1.29 is 0 Å². The van der Waals surface area contributed by atoms with E-state index in [4.69, 9.17) is 4.98 Å². The first-order valence-corrected chi connectivity index (χ1v) is 9.16. The van der Waals surface area contributed by atoms with Crippen LogP contribution in [0.5, 0.6) is 0 Å². The third kappa shape index (κ3) is 3.02. The average Bonchev–Trinajstić information content (AvgIpc) is 3.06. The monoisotopic (exact) mass is 337 g/mol. The zero-order valence-corrected chi connectivity index (χ0v) is 14.5. The average molecular weight is 337 g/mol. The minimum Gasteiger partial charge on any atom is -0.370 e. The number of fused-ring (bicyclic) bond motifs is 1. The van der Waals surface area contributed by atoms with Crippen molar-refractivity contribution >= 4 is 50.7 Å². The predicted molar refractivity (Wildman–Crippen MR) is 90.5 cm³/mol. The number of hydrogen-bond acceptors (Lipinski definition) is 8. The molecule has 21 heavy (non-hydrogen) atoms. The van der Waals surface area contributed by atoms with Gasteiger partial charge in [-0.1, -0.05) is 11.8 Å². The molecule has 0 aromatic carbocycles. The number of thioether (sulfide) groups is 1. The van der Waals surface area contributed by atoms with Gasteiger partial charge in [0.25, 0.3) is 0 Å². The van der Waals surface area contributed by atoms with E-state index in [1.807, 2.05) is 0 Å². The van der Waals surface area contributed by atoms with E-state index in [2.05, 4.69) is 40.4 Å². The largest absolute Gasteiger partial charge is 0.370 e. The second kappa shape index (κ2) is 6.25. The topological polar surface area (TPSA) is 63.6 Å². The third-order valence-electron chi connectivity index (χ3n) is 3.09. The maximum atomic E-state index is 4.70. The van der Waals surface area contributed by atoms with Gasteiger partial charge in [-0.3, -0.25) is 0 Å². The molecule has 0 amide bonds. The standard InChI is InChI=1S/C13H15N5S3/c1-4-14-11-10-7(2)8(3)20-12(10)18-9(17-11)5-19-13-15-6-16-21-13/h6H,4-5H2,1-3H3,(H,14,17,18). The van der Waals surface area contributed by atoms with Crippen molar-refractivity contribution in [2.45, 2.75) is 30.9 Å². The Morgan fingerprint density at radius 2 is 2.14 bits per heavy atom. The fourth-order valence-corrected chi connectivity index (χ4v) is 4.35. The number of rotatable bonds is 5. The highest BCUT2D eigenvalue weighted by atomic mass is 32.2. The van der Waals surface area contributed by atoms with Crippen molar-refractivity contribution in [2.24, 2.45) is 0 Å². The summed E-state index contributed by atoms with van der Waals surface area (Å²) in [5.41, 5.74) is 1.27. The third-order valence-corrected chi connectivity index (χ3v) is 5.98. The summed E-state index contributed by atoms with van der Waals surface area (Å²) in [6, 6.07) is 0. The van der Waals surface area contributed by atoms with E-state index in [1.165, 1.54) is 22.0 Å². The van der Waals surface area contributed by atoms with Crippen molar-refractivity contribution in [1.29, 1.82) is 0 Å². The van der Waals surface area contributed by atoms with Crippen LogP contribution in [0.4, 0.5) is 5.82 Å². The lowest BCUT2D eigenvalue weighted by Crippen LogP contribution is -2.03. The number of aromatic nitrogens is 4. The molecular formula is C13H15N5S3. The quantitative estimate of drug-likeness (QED) is 0.713. The van der Waals surface area contributed by atoms with Crippen molar-refractivity contribution in [3.05, 3.63) is 22.6 Å². The number of nitrogens with one attached hydrogen (secondary N) is 1. The molecule has 3 heterocycles. The number of aryl methyl sites for hydroxylation is 2. The van der Waals surface area contributed by atoms with Crippen LogP contribution in [-0.2, 0) is 5.75 Å². The molecule has 0 atom stereocenters. The molecular weight excluding hydrogens is 322 g/mol. The molecule has 0 bridgehead atoms. The van der Waals surface area contributed by atoms with E-state index in [1.54, 1.807) is 29.4 Å². The van der Waals surface area contributed by atoms with E-state index >= 15 is 0 Å². The second-order valence-corrected chi connectivity index (χ2v) is 7.68. The lowest BCUT2D eigenvalue weighted by Gasteiger charge is -2.07. The number of thiophene rings is 1. The molecule has 0 saturated carbocycles. The summed E-state index contributed by atoms with van der Waals surface area (Å²) in [4.78, 5) is 15.9. The van der Waals surface area contributed by atoms with E-state index in [9.17, 15) is 0 Å². The van der Waals surface area contributed by atoms with E-state index in [0.717, 1.165) is 32.7 Å². The van der Waals surface area contributed by atoms with Gasteiger partial charge in [-0.05, 0) is 37.9 Å². The predicted octanol–water partition coefficient (Wildman–Crippen LogP) is 3.88. The maximum absolute atomic E-state index is 4.70. The Labute approximate surface area is 135 Å². The van der Waals surface area contributed by atoms with Crippen LogP contribution >= 0.6 is 34.6 Å². The van der Waals surface area contributed by atoms with Gasteiger partial charge in [-0.15, -0.1) is 11.3 Å². The minimum atomic E-state index is 0.708. The summed E-state index contributed by atoms with van der Waals surface area (Å²) in [6.07, 6.45) is 1.58. The number of hydrogen-bond donors (Lipinski definition) is 1. The molecule has 0 fully saturated rings. The molecule has 0 unspecified atom stereocenters. The first kappa shape index (κ1) is 14.7. The van der Waals surface area contributed by atoms with Crippen molar-refractivity contribution in [1.82, 2.24) is 19.3 Å². The molecule has 3 aromatic heterocycles. The summed E-state index contributed by atoms with van der Waals surface area (Å²) in [5, 5.41) is 4.52. The Morgan fingerprint density at radius 3 is 2.86 bits per heavy atom. The molecule has 0 radical (unpaired) electrons. The van der Waals surface area contributed by atoms with Crippen LogP contribution in [0.3, 0.4) is 0 Å². The Kier molecular flexibility index (Phi) is 4.37. The highest BCUT2D eigenvalue weighted by molar-refractivity contribution is 8.00. The summed E-state index contributed by atoms with van der Waals surface area (Å²) in [7, 11) is 0. The van der Waals surface area contributed by atoms with E-state index < -0.39 is 0 Å². The van der Waals surface area contributed by atoms with Crippen LogP contribution in [0.25, 0.3) is 10.2 Å². The van der Waals surface area contributed by atoms with Crippen LogP contribution in [0.15, 0.2) is 10.7 Å². The van der Waals surface area contributed by atoms with Crippen molar-refractivity contribution in [3.8, 4) is 0 Å². The first-order chi connectivity index (χ1) is 10.2. The Balaban J connectivity index is 1.95. The van der Waals surface area contributed by atoms with E-state index in [-0.39, 0.29) is 0 Å². The van der Waals surface area contributed by atoms with Crippen LogP contribution in [0, 0.1) is 13.8 Å². The van der Waals surface area contributed by atoms with Gasteiger partial charge in [0.1, 0.15) is 22.8 Å². The summed E-state index contributed by atoms with van der Waals surface area (Å²) < 4.78 is 4.95. The normalized spacial score (nSPS) is 11.2. The first-order valence-electron chi connectivity index (χ1n) is 6.59. The van der Waals surface area contributed by atoms with Crippen LogP contribution in [0.1, 0.15) is 23.2 Å². The Bertz CT molecular complexity index is 751. The van der Waals surface area contributed by atoms with Gasteiger partial charge in [-0.25, -0.2) is 15.0 Å². The molecule has 0 aliphatic heterocycles. The maximum Gasteiger partial charge on any atom is 0.170 e. The summed E-state index contributed by atoms with van der Waals surface area (Å²) in [6.45, 7) is 7.20. The van der Waals surface area contributed by atoms with Crippen molar-refractivity contribution in [3.63, 3.8) is 0 Å². The minimum absolute atomic E-state index is 0.708. The smallest absolute Gasteiger partial charge is 0.170 e. The van der Waals surface area contributed by atoms with Crippen molar-refractivity contribution in [2.75, 3.05) is 11.9 Å². The number of anilines is 1.